The fourth-order valence-electron chi connectivity index (χ4n) is 1.97. The third kappa shape index (κ3) is 4.84. The molecule has 1 amide bonds. The van der Waals surface area contributed by atoms with Gasteiger partial charge in [0, 0.05) is 12.0 Å². The predicted molar refractivity (Wildman–Crippen MR) is 82.5 cm³/mol. The van der Waals surface area contributed by atoms with E-state index >= 15 is 0 Å². The van der Waals surface area contributed by atoms with Crippen molar-refractivity contribution in [1.82, 2.24) is 5.32 Å². The standard InChI is InChI=1S/C15H24N2O.ClH/c1-9-6-7-14(10(2)8-9)13(5)17-15(18)11(3)12(4)16;/h6-8,11-13H,16H2,1-5H3,(H,17,18);1H. The highest BCUT2D eigenvalue weighted by molar-refractivity contribution is 5.85. The zero-order valence-electron chi connectivity index (χ0n) is 12.4. The Morgan fingerprint density at radius 3 is 2.26 bits per heavy atom. The van der Waals surface area contributed by atoms with Gasteiger partial charge in [0.05, 0.1) is 6.04 Å². The van der Waals surface area contributed by atoms with E-state index in [4.69, 9.17) is 5.73 Å². The Morgan fingerprint density at radius 1 is 1.21 bits per heavy atom. The van der Waals surface area contributed by atoms with Crippen LogP contribution in [0.2, 0.25) is 0 Å². The third-order valence-corrected chi connectivity index (χ3v) is 3.45. The zero-order valence-corrected chi connectivity index (χ0v) is 13.2. The van der Waals surface area contributed by atoms with Crippen LogP contribution < -0.4 is 11.1 Å². The number of carbonyl (C=O) groups is 1. The second kappa shape index (κ2) is 7.51. The molecule has 19 heavy (non-hydrogen) atoms. The number of aryl methyl sites for hydroxylation is 2. The van der Waals surface area contributed by atoms with Crippen LogP contribution in [-0.2, 0) is 4.79 Å². The van der Waals surface area contributed by atoms with Crippen molar-refractivity contribution in [2.45, 2.75) is 46.7 Å². The second-order valence-corrected chi connectivity index (χ2v) is 5.24. The average Bonchev–Trinajstić information content (AvgIpc) is 2.27. The van der Waals surface area contributed by atoms with Crippen LogP contribution in [0.25, 0.3) is 0 Å². The normalized spacial score (nSPS) is 15.1. The summed E-state index contributed by atoms with van der Waals surface area (Å²) in [6.45, 7) is 9.85. The first kappa shape index (κ1) is 17.9. The SMILES string of the molecule is Cc1ccc(C(C)NC(=O)C(C)C(C)N)c(C)c1.Cl. The van der Waals surface area contributed by atoms with Crippen LogP contribution in [0.1, 0.15) is 43.5 Å². The van der Waals surface area contributed by atoms with Gasteiger partial charge in [0.25, 0.3) is 0 Å². The van der Waals surface area contributed by atoms with E-state index in [1.54, 1.807) is 0 Å². The van der Waals surface area contributed by atoms with E-state index in [9.17, 15) is 4.79 Å². The van der Waals surface area contributed by atoms with Crippen molar-refractivity contribution in [3.8, 4) is 0 Å². The number of hydrogen-bond acceptors (Lipinski definition) is 2. The van der Waals surface area contributed by atoms with Crippen LogP contribution in [0.5, 0.6) is 0 Å². The highest BCUT2D eigenvalue weighted by Crippen LogP contribution is 2.19. The second-order valence-electron chi connectivity index (χ2n) is 5.24. The van der Waals surface area contributed by atoms with Gasteiger partial charge in [-0.1, -0.05) is 30.7 Å². The quantitative estimate of drug-likeness (QED) is 0.893. The van der Waals surface area contributed by atoms with Gasteiger partial charge in [-0.3, -0.25) is 4.79 Å². The maximum Gasteiger partial charge on any atom is 0.224 e. The molecule has 1 aromatic carbocycles. The Hall–Kier alpha value is -1.06. The van der Waals surface area contributed by atoms with Crippen LogP contribution in [0.4, 0.5) is 0 Å². The van der Waals surface area contributed by atoms with E-state index in [2.05, 4.69) is 37.4 Å². The predicted octanol–water partition coefficient (Wildman–Crippen LogP) is 2.89. The van der Waals surface area contributed by atoms with Gasteiger partial charge in [-0.15, -0.1) is 12.4 Å². The van der Waals surface area contributed by atoms with E-state index in [1.807, 2.05) is 20.8 Å². The van der Waals surface area contributed by atoms with E-state index in [1.165, 1.54) is 11.1 Å². The summed E-state index contributed by atoms with van der Waals surface area (Å²) in [4.78, 5) is 12.0. The Bertz CT molecular complexity index is 432. The fraction of sp³-hybridized carbons (Fsp3) is 0.533. The van der Waals surface area contributed by atoms with Gasteiger partial charge in [-0.05, 0) is 38.8 Å². The highest BCUT2D eigenvalue weighted by Gasteiger charge is 2.19. The van der Waals surface area contributed by atoms with Gasteiger partial charge < -0.3 is 11.1 Å². The molecular formula is C15H25ClN2O. The largest absolute Gasteiger partial charge is 0.349 e. The molecule has 3 atom stereocenters. The van der Waals surface area contributed by atoms with E-state index < -0.39 is 0 Å². The molecule has 0 aliphatic carbocycles. The van der Waals surface area contributed by atoms with Crippen molar-refractivity contribution < 1.29 is 4.79 Å². The lowest BCUT2D eigenvalue weighted by molar-refractivity contribution is -0.125. The lowest BCUT2D eigenvalue weighted by Crippen LogP contribution is -2.39. The van der Waals surface area contributed by atoms with E-state index in [0.717, 1.165) is 5.56 Å². The Morgan fingerprint density at radius 2 is 1.79 bits per heavy atom. The molecule has 1 rings (SSSR count). The van der Waals surface area contributed by atoms with Gasteiger partial charge in [0.15, 0.2) is 0 Å². The molecule has 108 valence electrons. The fourth-order valence-corrected chi connectivity index (χ4v) is 1.97. The van der Waals surface area contributed by atoms with E-state index in [0.29, 0.717) is 0 Å². The van der Waals surface area contributed by atoms with E-state index in [-0.39, 0.29) is 36.3 Å². The summed E-state index contributed by atoms with van der Waals surface area (Å²) in [5.41, 5.74) is 9.34. The summed E-state index contributed by atoms with van der Waals surface area (Å²) in [7, 11) is 0. The summed E-state index contributed by atoms with van der Waals surface area (Å²) in [6, 6.07) is 6.16. The minimum absolute atomic E-state index is 0. The van der Waals surface area contributed by atoms with Gasteiger partial charge in [-0.2, -0.15) is 0 Å². The summed E-state index contributed by atoms with van der Waals surface area (Å²) in [5, 5.41) is 3.02. The molecule has 0 heterocycles. The van der Waals surface area contributed by atoms with Gasteiger partial charge in [0.2, 0.25) is 5.91 Å². The van der Waals surface area contributed by atoms with Gasteiger partial charge in [0.1, 0.15) is 0 Å². The first-order chi connectivity index (χ1) is 8.32. The first-order valence-electron chi connectivity index (χ1n) is 6.46. The lowest BCUT2D eigenvalue weighted by Gasteiger charge is -2.21. The first-order valence-corrected chi connectivity index (χ1v) is 6.46. The molecule has 3 unspecified atom stereocenters. The number of amides is 1. The summed E-state index contributed by atoms with van der Waals surface area (Å²) in [5.74, 6) is -0.157. The summed E-state index contributed by atoms with van der Waals surface area (Å²) < 4.78 is 0. The summed E-state index contributed by atoms with van der Waals surface area (Å²) >= 11 is 0. The van der Waals surface area contributed by atoms with Crippen molar-refractivity contribution >= 4 is 18.3 Å². The lowest BCUT2D eigenvalue weighted by atomic mass is 9.98. The monoisotopic (exact) mass is 284 g/mol. The topological polar surface area (TPSA) is 55.1 Å². The maximum absolute atomic E-state index is 12.0. The van der Waals surface area contributed by atoms with Gasteiger partial charge >= 0.3 is 0 Å². The van der Waals surface area contributed by atoms with Crippen LogP contribution in [-0.4, -0.2) is 11.9 Å². The van der Waals surface area contributed by atoms with Crippen molar-refractivity contribution in [3.63, 3.8) is 0 Å². The maximum atomic E-state index is 12.0. The summed E-state index contributed by atoms with van der Waals surface area (Å²) in [6.07, 6.45) is 0. The molecular weight excluding hydrogens is 260 g/mol. The molecule has 0 aliphatic heterocycles. The number of carbonyl (C=O) groups excluding carboxylic acids is 1. The molecule has 0 spiro atoms. The third-order valence-electron chi connectivity index (χ3n) is 3.45. The minimum atomic E-state index is -0.168. The van der Waals surface area contributed by atoms with Crippen LogP contribution in [0.3, 0.4) is 0 Å². The molecule has 0 bridgehead atoms. The zero-order chi connectivity index (χ0) is 13.9. The molecule has 0 aromatic heterocycles. The molecule has 0 radical (unpaired) electrons. The molecule has 1 aromatic rings. The number of nitrogens with one attached hydrogen (secondary N) is 1. The Balaban J connectivity index is 0.00000324. The van der Waals surface area contributed by atoms with Gasteiger partial charge in [-0.25, -0.2) is 0 Å². The molecule has 0 fully saturated rings. The highest BCUT2D eigenvalue weighted by atomic mass is 35.5. The molecule has 0 aliphatic rings. The Labute approximate surface area is 122 Å². The Kier molecular flexibility index (Phi) is 7.09. The number of benzene rings is 1. The molecule has 0 saturated carbocycles. The smallest absolute Gasteiger partial charge is 0.224 e. The van der Waals surface area contributed by atoms with Crippen molar-refractivity contribution in [3.05, 3.63) is 34.9 Å². The van der Waals surface area contributed by atoms with Crippen LogP contribution >= 0.6 is 12.4 Å². The number of rotatable bonds is 4. The van der Waals surface area contributed by atoms with Crippen molar-refractivity contribution in [2.24, 2.45) is 11.7 Å². The molecule has 0 saturated heterocycles. The minimum Gasteiger partial charge on any atom is -0.349 e. The number of halogens is 1. The van der Waals surface area contributed by atoms with Crippen LogP contribution in [0.15, 0.2) is 18.2 Å². The average molecular weight is 285 g/mol. The van der Waals surface area contributed by atoms with Crippen molar-refractivity contribution in [2.75, 3.05) is 0 Å². The molecule has 4 heteroatoms. The molecule has 3 N–H and O–H groups in total. The number of nitrogens with two attached hydrogens (primary N) is 1. The molecule has 3 nitrogen and oxygen atoms in total. The van der Waals surface area contributed by atoms with Crippen LogP contribution in [0, 0.1) is 19.8 Å². The van der Waals surface area contributed by atoms with Crippen molar-refractivity contribution in [1.29, 1.82) is 0 Å². The number of hydrogen-bond donors (Lipinski definition) is 2.